The molecule has 2 aliphatic rings. The molecule has 2 bridgehead atoms. The number of hydrogen-bond donors (Lipinski definition) is 1. The van der Waals surface area contributed by atoms with Crippen LogP contribution in [0.25, 0.3) is 0 Å². The molecule has 0 spiro atoms. The molecule has 2 aromatic rings. The van der Waals surface area contributed by atoms with E-state index in [1.807, 2.05) is 56.3 Å². The number of rotatable bonds is 5. The monoisotopic (exact) mass is 478 g/mol. The lowest BCUT2D eigenvalue weighted by atomic mass is 9.59. The van der Waals surface area contributed by atoms with Crippen molar-refractivity contribution in [3.8, 4) is 5.75 Å². The normalized spacial score (nSPS) is 23.5. The maximum Gasteiger partial charge on any atom is 0.415 e. The first-order valence-corrected chi connectivity index (χ1v) is 12.8. The van der Waals surface area contributed by atoms with E-state index < -0.39 is 0 Å². The van der Waals surface area contributed by atoms with Gasteiger partial charge in [-0.25, -0.2) is 9.59 Å². The molecule has 2 aromatic carbocycles. The van der Waals surface area contributed by atoms with Gasteiger partial charge in [-0.15, -0.1) is 0 Å². The van der Waals surface area contributed by atoms with Gasteiger partial charge in [0.15, 0.2) is 0 Å². The van der Waals surface area contributed by atoms with E-state index in [1.165, 1.54) is 24.0 Å². The highest BCUT2D eigenvalue weighted by atomic mass is 16.6. The second kappa shape index (κ2) is 10.7. The zero-order valence-electron chi connectivity index (χ0n) is 21.4. The molecule has 0 heterocycles. The fourth-order valence-electron chi connectivity index (χ4n) is 5.60. The van der Waals surface area contributed by atoms with Crippen LogP contribution in [-0.4, -0.2) is 36.2 Å². The average molecular weight is 479 g/mol. The SMILES string of the molecule is CC(C)N(C)C(=O)Oc1ccc2c(c1)[C@@]1(C)CCCCC[C@@H](C2)[C@@H]1NC(=O)OCc1ccccc1. The Morgan fingerprint density at radius 2 is 1.89 bits per heavy atom. The Labute approximate surface area is 209 Å². The minimum Gasteiger partial charge on any atom is -0.445 e. The van der Waals surface area contributed by atoms with Gasteiger partial charge in [0.2, 0.25) is 0 Å². The van der Waals surface area contributed by atoms with Gasteiger partial charge in [-0.1, -0.05) is 62.6 Å². The number of benzene rings is 2. The second-order valence-corrected chi connectivity index (χ2v) is 10.6. The van der Waals surface area contributed by atoms with Crippen LogP contribution in [0.5, 0.6) is 5.75 Å². The van der Waals surface area contributed by atoms with Crippen molar-refractivity contribution < 1.29 is 19.1 Å². The van der Waals surface area contributed by atoms with Crippen LogP contribution in [0.2, 0.25) is 0 Å². The molecule has 6 nitrogen and oxygen atoms in total. The molecule has 1 N–H and O–H groups in total. The van der Waals surface area contributed by atoms with Crippen LogP contribution in [0.3, 0.4) is 0 Å². The van der Waals surface area contributed by atoms with Crippen molar-refractivity contribution in [3.05, 3.63) is 65.2 Å². The van der Waals surface area contributed by atoms with E-state index in [1.54, 1.807) is 11.9 Å². The molecule has 0 aromatic heterocycles. The maximum absolute atomic E-state index is 12.9. The topological polar surface area (TPSA) is 67.9 Å². The fraction of sp³-hybridized carbons (Fsp3) is 0.517. The van der Waals surface area contributed by atoms with E-state index in [4.69, 9.17) is 9.47 Å². The van der Waals surface area contributed by atoms with Gasteiger partial charge in [-0.2, -0.15) is 0 Å². The predicted molar refractivity (Wildman–Crippen MR) is 137 cm³/mol. The zero-order valence-corrected chi connectivity index (χ0v) is 21.4. The summed E-state index contributed by atoms with van der Waals surface area (Å²) in [6.07, 6.45) is 5.66. The maximum atomic E-state index is 12.9. The lowest BCUT2D eigenvalue weighted by molar-refractivity contribution is 0.110. The first-order valence-electron chi connectivity index (χ1n) is 12.8. The molecule has 0 radical (unpaired) electrons. The van der Waals surface area contributed by atoms with Crippen molar-refractivity contribution in [2.75, 3.05) is 7.05 Å². The Morgan fingerprint density at radius 1 is 1.11 bits per heavy atom. The van der Waals surface area contributed by atoms with Crippen LogP contribution in [0.1, 0.15) is 69.6 Å². The summed E-state index contributed by atoms with van der Waals surface area (Å²) < 4.78 is 11.3. The molecule has 1 saturated carbocycles. The molecule has 2 aliphatic carbocycles. The van der Waals surface area contributed by atoms with Gasteiger partial charge in [0.25, 0.3) is 0 Å². The third kappa shape index (κ3) is 5.63. The summed E-state index contributed by atoms with van der Waals surface area (Å²) in [6, 6.07) is 15.8. The number of hydrogen-bond acceptors (Lipinski definition) is 4. The number of ether oxygens (including phenoxy) is 2. The van der Waals surface area contributed by atoms with Gasteiger partial charge < -0.3 is 19.7 Å². The predicted octanol–water partition coefficient (Wildman–Crippen LogP) is 6.21. The number of alkyl carbamates (subject to hydrolysis) is 1. The molecule has 4 rings (SSSR count). The van der Waals surface area contributed by atoms with Gasteiger partial charge in [-0.05, 0) is 67.9 Å². The van der Waals surface area contributed by atoms with E-state index in [2.05, 4.69) is 18.3 Å². The third-order valence-electron chi connectivity index (χ3n) is 7.86. The molecule has 2 amide bonds. The van der Waals surface area contributed by atoms with E-state index in [0.29, 0.717) is 11.7 Å². The number of amides is 2. The van der Waals surface area contributed by atoms with Crippen LogP contribution in [0, 0.1) is 5.92 Å². The Balaban J connectivity index is 1.57. The summed E-state index contributed by atoms with van der Waals surface area (Å²) in [5.74, 6) is 0.894. The molecule has 3 atom stereocenters. The summed E-state index contributed by atoms with van der Waals surface area (Å²) in [4.78, 5) is 27.0. The van der Waals surface area contributed by atoms with Gasteiger partial charge in [-0.3, -0.25) is 0 Å². The molecule has 0 saturated heterocycles. The number of nitrogens with zero attached hydrogens (tertiary/aromatic N) is 1. The molecule has 35 heavy (non-hydrogen) atoms. The van der Waals surface area contributed by atoms with Crippen molar-refractivity contribution in [1.82, 2.24) is 10.2 Å². The van der Waals surface area contributed by atoms with Crippen LogP contribution < -0.4 is 10.1 Å². The Bertz CT molecular complexity index is 1040. The molecule has 0 aliphatic heterocycles. The second-order valence-electron chi connectivity index (χ2n) is 10.6. The minimum atomic E-state index is -0.375. The zero-order chi connectivity index (χ0) is 25.0. The van der Waals surface area contributed by atoms with Gasteiger partial charge in [0.05, 0.1) is 0 Å². The van der Waals surface area contributed by atoms with Crippen molar-refractivity contribution in [2.24, 2.45) is 5.92 Å². The lowest BCUT2D eigenvalue weighted by Crippen LogP contribution is -2.57. The van der Waals surface area contributed by atoms with E-state index in [9.17, 15) is 9.59 Å². The number of nitrogens with one attached hydrogen (secondary N) is 1. The summed E-state index contributed by atoms with van der Waals surface area (Å²) in [6.45, 7) is 6.41. The fourth-order valence-corrected chi connectivity index (χ4v) is 5.60. The van der Waals surface area contributed by atoms with Gasteiger partial charge in [0.1, 0.15) is 12.4 Å². The van der Waals surface area contributed by atoms with Crippen LogP contribution in [0.4, 0.5) is 9.59 Å². The third-order valence-corrected chi connectivity index (χ3v) is 7.86. The van der Waals surface area contributed by atoms with Crippen molar-refractivity contribution in [1.29, 1.82) is 0 Å². The standard InChI is InChI=1S/C29H38N2O4/c1-20(2)31(4)28(33)35-24-15-14-22-17-23-13-9-6-10-16-29(3,25(22)18-24)26(23)30-27(32)34-19-21-11-7-5-8-12-21/h5,7-8,11-12,14-15,18,20,23,26H,6,9-10,13,16-17,19H2,1-4H3,(H,30,32)/t23-,26-,29+/m0/s1. The summed E-state index contributed by atoms with van der Waals surface area (Å²) in [5, 5.41) is 3.26. The summed E-state index contributed by atoms with van der Waals surface area (Å²) in [5.41, 5.74) is 3.15. The number of carbonyl (C=O) groups is 2. The molecular weight excluding hydrogens is 440 g/mol. The highest BCUT2D eigenvalue weighted by Gasteiger charge is 2.47. The largest absolute Gasteiger partial charge is 0.445 e. The quantitative estimate of drug-likeness (QED) is 0.554. The summed E-state index contributed by atoms with van der Waals surface area (Å²) in [7, 11) is 1.74. The molecule has 0 unspecified atom stereocenters. The summed E-state index contributed by atoms with van der Waals surface area (Å²) >= 11 is 0. The smallest absolute Gasteiger partial charge is 0.415 e. The highest BCUT2D eigenvalue weighted by Crippen LogP contribution is 2.47. The average Bonchev–Trinajstić information content (AvgIpc) is 2.84. The van der Waals surface area contributed by atoms with E-state index in [-0.39, 0.29) is 36.3 Å². The Morgan fingerprint density at radius 3 is 2.63 bits per heavy atom. The van der Waals surface area contributed by atoms with Gasteiger partial charge in [0, 0.05) is 24.5 Å². The number of fused-ring (bicyclic) bond motifs is 4. The van der Waals surface area contributed by atoms with Gasteiger partial charge >= 0.3 is 12.2 Å². The number of carbonyl (C=O) groups excluding carboxylic acids is 2. The van der Waals surface area contributed by atoms with E-state index >= 15 is 0 Å². The highest BCUT2D eigenvalue weighted by molar-refractivity contribution is 5.71. The van der Waals surface area contributed by atoms with Crippen LogP contribution in [0.15, 0.2) is 48.5 Å². The first kappa shape index (κ1) is 25.1. The van der Waals surface area contributed by atoms with Crippen molar-refractivity contribution in [3.63, 3.8) is 0 Å². The van der Waals surface area contributed by atoms with Crippen molar-refractivity contribution >= 4 is 12.2 Å². The molecular formula is C29H38N2O4. The van der Waals surface area contributed by atoms with E-state index in [0.717, 1.165) is 31.2 Å². The Kier molecular flexibility index (Phi) is 7.68. The Hall–Kier alpha value is -3.02. The van der Waals surface area contributed by atoms with Crippen molar-refractivity contribution in [2.45, 2.75) is 83.4 Å². The molecule has 188 valence electrons. The molecule has 1 fully saturated rings. The van der Waals surface area contributed by atoms with Crippen LogP contribution in [-0.2, 0) is 23.2 Å². The van der Waals surface area contributed by atoms with Crippen LogP contribution >= 0.6 is 0 Å². The minimum absolute atomic E-state index is 0.0390. The lowest BCUT2D eigenvalue weighted by Gasteiger charge is -2.49. The molecule has 6 heteroatoms. The first-order chi connectivity index (χ1) is 16.8.